The van der Waals surface area contributed by atoms with Crippen molar-refractivity contribution in [3.63, 3.8) is 0 Å². The number of ether oxygens (including phenoxy) is 3. The third kappa shape index (κ3) is 66.5. The van der Waals surface area contributed by atoms with Gasteiger partial charge < -0.3 is 14.2 Å². The molecule has 0 heterocycles. The number of rotatable bonds is 61. The predicted octanol–water partition coefficient (Wildman–Crippen LogP) is 23.6. The minimum Gasteiger partial charge on any atom is -0.462 e. The number of esters is 3. The smallest absolute Gasteiger partial charge is 0.306 e. The van der Waals surface area contributed by atoms with Crippen LogP contribution in [0.4, 0.5) is 0 Å². The Morgan fingerprint density at radius 1 is 0.259 bits per heavy atom. The van der Waals surface area contributed by atoms with E-state index < -0.39 is 6.10 Å². The fourth-order valence-electron chi connectivity index (χ4n) is 9.42. The van der Waals surface area contributed by atoms with E-state index in [1.807, 2.05) is 6.08 Å². The van der Waals surface area contributed by atoms with E-state index in [-0.39, 0.29) is 37.5 Å². The zero-order valence-electron chi connectivity index (χ0n) is 53.0. The average molecular weight is 1120 g/mol. The Bertz CT molecular complexity index is 1670. The lowest BCUT2D eigenvalue weighted by atomic mass is 10.0. The van der Waals surface area contributed by atoms with Gasteiger partial charge in [-0.2, -0.15) is 0 Å². The highest BCUT2D eigenvalue weighted by molar-refractivity contribution is 5.71. The summed E-state index contributed by atoms with van der Waals surface area (Å²) < 4.78 is 16.9. The SMILES string of the molecule is CC/C=C\C/C=C\C/C=C\C/C=C\CCCCCCCCCCCCC(=O)OC(COC(=O)CC/C=C\C/C=C\C/C=C\C/C=C\CC)COC(=O)CCCCCCCCCCCCCCCCC/C=C\C/C=C\CCCCCCC. The van der Waals surface area contributed by atoms with Gasteiger partial charge >= 0.3 is 17.9 Å². The molecule has 0 aliphatic heterocycles. The van der Waals surface area contributed by atoms with Crippen LogP contribution in [0.25, 0.3) is 0 Å². The first kappa shape index (κ1) is 76.8. The third-order valence-corrected chi connectivity index (χ3v) is 14.4. The molecule has 462 valence electrons. The van der Waals surface area contributed by atoms with Crippen molar-refractivity contribution in [2.75, 3.05) is 13.2 Å². The summed E-state index contributed by atoms with van der Waals surface area (Å²) in [6.45, 7) is 6.36. The van der Waals surface area contributed by atoms with Gasteiger partial charge in [-0.05, 0) is 116 Å². The molecule has 0 saturated carbocycles. The van der Waals surface area contributed by atoms with Crippen LogP contribution in [0, 0.1) is 0 Å². The predicted molar refractivity (Wildman–Crippen MR) is 353 cm³/mol. The summed E-state index contributed by atoms with van der Waals surface area (Å²) in [4.78, 5) is 38.3. The normalized spacial score (nSPS) is 12.9. The van der Waals surface area contributed by atoms with Crippen LogP contribution in [0.2, 0.25) is 0 Å². The first-order valence-electron chi connectivity index (χ1n) is 34.0. The quantitative estimate of drug-likeness (QED) is 0.0261. The maximum Gasteiger partial charge on any atom is 0.306 e. The Balaban J connectivity index is 4.32. The van der Waals surface area contributed by atoms with Crippen molar-refractivity contribution in [1.82, 2.24) is 0 Å². The molecule has 81 heavy (non-hydrogen) atoms. The van der Waals surface area contributed by atoms with Crippen LogP contribution in [0.1, 0.15) is 316 Å². The van der Waals surface area contributed by atoms with Gasteiger partial charge in [0.15, 0.2) is 6.10 Å². The van der Waals surface area contributed by atoms with E-state index in [2.05, 4.69) is 136 Å². The average Bonchev–Trinajstić information content (AvgIpc) is 3.46. The van der Waals surface area contributed by atoms with E-state index >= 15 is 0 Å². The van der Waals surface area contributed by atoms with Gasteiger partial charge in [0.1, 0.15) is 13.2 Å². The molecule has 0 spiro atoms. The largest absolute Gasteiger partial charge is 0.462 e. The van der Waals surface area contributed by atoms with Gasteiger partial charge in [-0.3, -0.25) is 14.4 Å². The number of unbranched alkanes of at least 4 members (excludes halogenated alkanes) is 30. The zero-order valence-corrected chi connectivity index (χ0v) is 53.0. The molecule has 0 rings (SSSR count). The molecule has 0 N–H and O–H groups in total. The van der Waals surface area contributed by atoms with E-state index in [1.54, 1.807) is 0 Å². The van der Waals surface area contributed by atoms with Crippen molar-refractivity contribution in [3.05, 3.63) is 122 Å². The topological polar surface area (TPSA) is 78.9 Å². The van der Waals surface area contributed by atoms with Crippen molar-refractivity contribution in [1.29, 1.82) is 0 Å². The van der Waals surface area contributed by atoms with Gasteiger partial charge in [-0.15, -0.1) is 0 Å². The molecule has 0 bridgehead atoms. The molecule has 0 aromatic heterocycles. The number of carbonyl (C=O) groups is 3. The molecule has 0 radical (unpaired) electrons. The van der Waals surface area contributed by atoms with Crippen molar-refractivity contribution < 1.29 is 28.6 Å². The molecule has 6 nitrogen and oxygen atoms in total. The molecular weight excluding hydrogens is 997 g/mol. The summed E-state index contributed by atoms with van der Waals surface area (Å²) in [5.41, 5.74) is 0. The van der Waals surface area contributed by atoms with Crippen LogP contribution in [0.5, 0.6) is 0 Å². The minimum absolute atomic E-state index is 0.102. The van der Waals surface area contributed by atoms with Gasteiger partial charge in [0.2, 0.25) is 0 Å². The Morgan fingerprint density at radius 2 is 0.506 bits per heavy atom. The first-order chi connectivity index (χ1) is 40.0. The molecule has 0 saturated heterocycles. The van der Waals surface area contributed by atoms with Crippen LogP contribution in [-0.2, 0) is 28.6 Å². The summed E-state index contributed by atoms with van der Waals surface area (Å²) in [5.74, 6) is -0.984. The first-order valence-corrected chi connectivity index (χ1v) is 34.0. The van der Waals surface area contributed by atoms with Gasteiger partial charge in [-0.1, -0.05) is 303 Å². The lowest BCUT2D eigenvalue weighted by molar-refractivity contribution is -0.166. The minimum atomic E-state index is -0.813. The van der Waals surface area contributed by atoms with Crippen LogP contribution >= 0.6 is 0 Å². The van der Waals surface area contributed by atoms with E-state index in [1.165, 1.54) is 173 Å². The molecule has 1 unspecified atom stereocenters. The van der Waals surface area contributed by atoms with E-state index in [0.717, 1.165) is 96.3 Å². The zero-order chi connectivity index (χ0) is 58.5. The van der Waals surface area contributed by atoms with Gasteiger partial charge in [-0.25, -0.2) is 0 Å². The number of hydrogen-bond acceptors (Lipinski definition) is 6. The fraction of sp³-hybridized carbons (Fsp3) is 0.693. The third-order valence-electron chi connectivity index (χ3n) is 14.4. The van der Waals surface area contributed by atoms with Crippen molar-refractivity contribution in [2.24, 2.45) is 0 Å². The summed E-state index contributed by atoms with van der Waals surface area (Å²) in [7, 11) is 0. The van der Waals surface area contributed by atoms with Crippen LogP contribution in [0.3, 0.4) is 0 Å². The monoisotopic (exact) mass is 1120 g/mol. The van der Waals surface area contributed by atoms with Crippen LogP contribution in [0.15, 0.2) is 122 Å². The molecule has 1 atom stereocenters. The molecule has 6 heteroatoms. The lowest BCUT2D eigenvalue weighted by Gasteiger charge is -2.18. The molecule has 0 amide bonds. The van der Waals surface area contributed by atoms with Crippen molar-refractivity contribution >= 4 is 17.9 Å². The second kappa shape index (κ2) is 68.3. The Morgan fingerprint density at radius 3 is 0.827 bits per heavy atom. The van der Waals surface area contributed by atoms with E-state index in [9.17, 15) is 14.4 Å². The van der Waals surface area contributed by atoms with E-state index in [4.69, 9.17) is 14.2 Å². The maximum atomic E-state index is 12.9. The van der Waals surface area contributed by atoms with Gasteiger partial charge in [0.25, 0.3) is 0 Å². The van der Waals surface area contributed by atoms with Gasteiger partial charge in [0, 0.05) is 19.3 Å². The number of carbonyl (C=O) groups excluding carboxylic acids is 3. The lowest BCUT2D eigenvalue weighted by Crippen LogP contribution is -2.30. The number of hydrogen-bond donors (Lipinski definition) is 0. The van der Waals surface area contributed by atoms with Crippen molar-refractivity contribution in [2.45, 2.75) is 322 Å². The molecule has 0 fully saturated rings. The Kier molecular flexibility index (Phi) is 64.8. The van der Waals surface area contributed by atoms with Crippen LogP contribution < -0.4 is 0 Å². The second-order valence-electron chi connectivity index (χ2n) is 22.3. The van der Waals surface area contributed by atoms with E-state index in [0.29, 0.717) is 19.3 Å². The molecule has 0 aliphatic carbocycles. The molecule has 0 aliphatic rings. The molecular formula is C75H126O6. The van der Waals surface area contributed by atoms with Gasteiger partial charge in [0.05, 0.1) is 0 Å². The Hall–Kier alpha value is -4.19. The second-order valence-corrected chi connectivity index (χ2v) is 22.3. The maximum absolute atomic E-state index is 12.9. The van der Waals surface area contributed by atoms with Crippen LogP contribution in [-0.4, -0.2) is 37.2 Å². The summed E-state index contributed by atoms with van der Waals surface area (Å²) in [6.07, 6.45) is 95.2. The highest BCUT2D eigenvalue weighted by atomic mass is 16.6. The molecule has 0 aromatic carbocycles. The highest BCUT2D eigenvalue weighted by Crippen LogP contribution is 2.17. The summed E-state index contributed by atoms with van der Waals surface area (Å²) in [5, 5.41) is 0. The Labute approximate surface area is 501 Å². The fourth-order valence-corrected chi connectivity index (χ4v) is 9.42. The highest BCUT2D eigenvalue weighted by Gasteiger charge is 2.19. The summed E-state index contributed by atoms with van der Waals surface area (Å²) in [6, 6.07) is 0. The standard InChI is InChI=1S/C75H126O6/c1-4-7-10-13-16-19-22-25-27-29-31-33-35-36-37-38-40-41-43-45-47-50-53-56-59-62-65-68-74(77)80-71-72(70-79-73(76)67-64-61-58-55-52-49-24-21-18-15-12-9-6-3)81-75(78)69-66-63-60-57-54-51-48-46-44-42-39-34-32-30-28-26-23-20-17-14-11-8-5-2/h8-9,11-12,17-18,20-22,25-26,28-29,31-32,34,49,52,58,61,72H,4-7,10,13-16,19,23-24,27,30,33,35-48,50-51,53-57,59-60,62-71H2,1-3H3/b11-8-,12-9-,20-17-,21-18-,25-22-,28-26-,31-29-,34-32-,52-49-,61-58-. The summed E-state index contributed by atoms with van der Waals surface area (Å²) >= 11 is 0. The van der Waals surface area contributed by atoms with Crippen molar-refractivity contribution in [3.8, 4) is 0 Å². The number of allylic oxidation sites excluding steroid dienone is 20. The molecule has 0 aromatic rings.